The molecule has 3 unspecified atom stereocenters. The summed E-state index contributed by atoms with van der Waals surface area (Å²) in [7, 11) is 3.63. The first-order valence-corrected chi connectivity index (χ1v) is 8.57. The van der Waals surface area contributed by atoms with Gasteiger partial charge in [0.05, 0.1) is 18.4 Å². The van der Waals surface area contributed by atoms with E-state index in [2.05, 4.69) is 48.3 Å². The van der Waals surface area contributed by atoms with Crippen molar-refractivity contribution in [3.63, 3.8) is 0 Å². The quantitative estimate of drug-likeness (QED) is 0.745. The maximum absolute atomic E-state index is 12.6. The molecule has 0 aromatic carbocycles. The summed E-state index contributed by atoms with van der Waals surface area (Å²) in [5.41, 5.74) is 0.735. The van der Waals surface area contributed by atoms with Crippen LogP contribution in [0.4, 0.5) is 0 Å². The molecule has 7 nitrogen and oxygen atoms in total. The van der Waals surface area contributed by atoms with Crippen molar-refractivity contribution in [1.82, 2.24) is 25.3 Å². The maximum atomic E-state index is 12.6. The molecule has 1 aliphatic rings. The second kappa shape index (κ2) is 10.5. The summed E-state index contributed by atoms with van der Waals surface area (Å²) < 4.78 is 7.51. The second-order valence-electron chi connectivity index (χ2n) is 7.36. The van der Waals surface area contributed by atoms with E-state index in [0.717, 1.165) is 18.7 Å². The molecule has 0 aliphatic carbocycles. The number of ether oxygens (including phenoxy) is 1. The van der Waals surface area contributed by atoms with Crippen molar-refractivity contribution in [2.24, 2.45) is 7.05 Å². The van der Waals surface area contributed by atoms with Crippen molar-refractivity contribution in [2.75, 3.05) is 26.7 Å². The van der Waals surface area contributed by atoms with Crippen molar-refractivity contribution >= 4 is 30.7 Å². The monoisotopic (exact) mass is 409 g/mol. The van der Waals surface area contributed by atoms with E-state index in [1.54, 1.807) is 17.9 Å². The molecule has 2 N–H and O–H groups in total. The Morgan fingerprint density at radius 3 is 2.38 bits per heavy atom. The number of carbonyl (C=O) groups is 1. The first-order valence-electron chi connectivity index (χ1n) is 8.57. The topological polar surface area (TPSA) is 71.4 Å². The Hall–Kier alpha value is -0.860. The average molecular weight is 410 g/mol. The average Bonchev–Trinajstić information content (AvgIpc) is 2.91. The fourth-order valence-corrected chi connectivity index (χ4v) is 3.23. The molecule has 1 aromatic heterocycles. The Balaban J connectivity index is 0.00000312. The summed E-state index contributed by atoms with van der Waals surface area (Å²) in [4.78, 5) is 15.0. The van der Waals surface area contributed by atoms with Crippen LogP contribution < -0.4 is 10.6 Å². The molecule has 1 aromatic rings. The van der Waals surface area contributed by atoms with E-state index in [4.69, 9.17) is 4.74 Å². The van der Waals surface area contributed by atoms with Crippen LogP contribution in [0.1, 0.15) is 39.3 Å². The fraction of sp³-hybridized carbons (Fsp3) is 0.765. The molecule has 9 heteroatoms. The van der Waals surface area contributed by atoms with Crippen molar-refractivity contribution in [2.45, 2.75) is 51.5 Å². The highest BCUT2D eigenvalue weighted by Crippen LogP contribution is 2.21. The zero-order valence-electron chi connectivity index (χ0n) is 16.5. The molecule has 0 bridgehead atoms. The lowest BCUT2D eigenvalue weighted by Gasteiger charge is -2.45. The number of morpholine rings is 1. The Morgan fingerprint density at radius 2 is 1.92 bits per heavy atom. The van der Waals surface area contributed by atoms with Gasteiger partial charge in [-0.1, -0.05) is 0 Å². The molecule has 0 spiro atoms. The van der Waals surface area contributed by atoms with E-state index in [1.165, 1.54) is 0 Å². The molecule has 0 radical (unpaired) electrons. The van der Waals surface area contributed by atoms with Gasteiger partial charge in [0.15, 0.2) is 0 Å². The van der Waals surface area contributed by atoms with Gasteiger partial charge in [0.1, 0.15) is 6.04 Å². The highest BCUT2D eigenvalue weighted by molar-refractivity contribution is 5.85. The van der Waals surface area contributed by atoms with E-state index in [1.807, 2.05) is 13.2 Å². The third-order valence-corrected chi connectivity index (χ3v) is 4.58. The van der Waals surface area contributed by atoms with Gasteiger partial charge >= 0.3 is 0 Å². The Labute approximate surface area is 169 Å². The first kappa shape index (κ1) is 25.1. The number of hydrogen-bond donors (Lipinski definition) is 2. The molecule has 26 heavy (non-hydrogen) atoms. The third kappa shape index (κ3) is 6.39. The lowest BCUT2D eigenvalue weighted by atomic mass is 9.99. The Morgan fingerprint density at radius 1 is 1.35 bits per heavy atom. The van der Waals surface area contributed by atoms with Crippen LogP contribution >= 0.6 is 24.8 Å². The summed E-state index contributed by atoms with van der Waals surface area (Å²) in [5, 5.41) is 10.3. The zero-order chi connectivity index (χ0) is 17.9. The van der Waals surface area contributed by atoms with E-state index < -0.39 is 6.04 Å². The number of rotatable bonds is 6. The van der Waals surface area contributed by atoms with Crippen molar-refractivity contribution in [3.8, 4) is 0 Å². The van der Waals surface area contributed by atoms with Crippen LogP contribution in [-0.4, -0.2) is 65.0 Å². The molecule has 2 heterocycles. The number of amides is 1. The minimum absolute atomic E-state index is 0. The summed E-state index contributed by atoms with van der Waals surface area (Å²) in [6.07, 6.45) is 4.00. The minimum Gasteiger partial charge on any atom is -0.373 e. The van der Waals surface area contributed by atoms with Gasteiger partial charge in [0, 0.05) is 44.0 Å². The number of aryl methyl sites for hydroxylation is 1. The minimum atomic E-state index is -0.392. The summed E-state index contributed by atoms with van der Waals surface area (Å²) in [6, 6.07) is -0.392. The van der Waals surface area contributed by atoms with E-state index in [9.17, 15) is 4.79 Å². The van der Waals surface area contributed by atoms with Gasteiger partial charge in [0.25, 0.3) is 0 Å². The van der Waals surface area contributed by atoms with E-state index in [0.29, 0.717) is 6.54 Å². The van der Waals surface area contributed by atoms with Gasteiger partial charge in [-0.25, -0.2) is 0 Å². The molecular weight excluding hydrogens is 377 g/mol. The molecule has 152 valence electrons. The van der Waals surface area contributed by atoms with Crippen LogP contribution in [0.25, 0.3) is 0 Å². The number of nitrogens with zero attached hydrogens (tertiary/aromatic N) is 3. The predicted molar refractivity (Wildman–Crippen MR) is 108 cm³/mol. The Bertz CT molecular complexity index is 557. The van der Waals surface area contributed by atoms with Gasteiger partial charge in [-0.05, 0) is 34.7 Å². The van der Waals surface area contributed by atoms with Crippen LogP contribution in [0.5, 0.6) is 0 Å². The smallest absolute Gasteiger partial charge is 0.241 e. The number of aromatic nitrogens is 2. The highest BCUT2D eigenvalue weighted by atomic mass is 35.5. The van der Waals surface area contributed by atoms with Crippen LogP contribution in [0.15, 0.2) is 12.4 Å². The molecular formula is C17H33Cl2N5O2. The molecule has 3 atom stereocenters. The highest BCUT2D eigenvalue weighted by Gasteiger charge is 2.34. The first-order chi connectivity index (χ1) is 11.2. The molecule has 1 fully saturated rings. The molecule has 2 rings (SSSR count). The number of carbonyl (C=O) groups excluding carboxylic acids is 1. The van der Waals surface area contributed by atoms with Gasteiger partial charge in [0.2, 0.25) is 5.91 Å². The summed E-state index contributed by atoms with van der Waals surface area (Å²) in [6.45, 7) is 10.9. The lowest BCUT2D eigenvalue weighted by molar-refractivity contribution is -0.125. The maximum Gasteiger partial charge on any atom is 0.241 e. The predicted octanol–water partition coefficient (Wildman–Crippen LogP) is 1.53. The van der Waals surface area contributed by atoms with Crippen LogP contribution in [0, 0.1) is 0 Å². The van der Waals surface area contributed by atoms with Crippen molar-refractivity contribution in [3.05, 3.63) is 18.0 Å². The van der Waals surface area contributed by atoms with Crippen LogP contribution in [0.3, 0.4) is 0 Å². The largest absolute Gasteiger partial charge is 0.373 e. The van der Waals surface area contributed by atoms with Crippen molar-refractivity contribution < 1.29 is 9.53 Å². The molecule has 1 saturated heterocycles. The second-order valence-corrected chi connectivity index (χ2v) is 7.36. The van der Waals surface area contributed by atoms with E-state index >= 15 is 0 Å². The van der Waals surface area contributed by atoms with Crippen molar-refractivity contribution in [1.29, 1.82) is 0 Å². The van der Waals surface area contributed by atoms with E-state index in [-0.39, 0.29) is 48.5 Å². The molecule has 1 amide bonds. The third-order valence-electron chi connectivity index (χ3n) is 4.58. The van der Waals surface area contributed by atoms with Crippen LogP contribution in [0.2, 0.25) is 0 Å². The molecule has 0 saturated carbocycles. The van der Waals surface area contributed by atoms with Gasteiger partial charge in [-0.15, -0.1) is 24.8 Å². The standard InChI is InChI=1S/C17H31N5O2.2ClH/c1-12-8-22(9-13(2)24-12)17(3,4)11-19-16(23)15(18-5)14-7-20-21(6)10-14;;/h7,10,12-13,15,18H,8-9,11H2,1-6H3,(H,19,23);2*1H. The van der Waals surface area contributed by atoms with Gasteiger partial charge in [-0.2, -0.15) is 5.10 Å². The lowest BCUT2D eigenvalue weighted by Crippen LogP contribution is -2.59. The van der Waals surface area contributed by atoms with Gasteiger partial charge in [-0.3, -0.25) is 14.4 Å². The normalized spacial score (nSPS) is 22.1. The van der Waals surface area contributed by atoms with Gasteiger partial charge < -0.3 is 15.4 Å². The number of nitrogens with one attached hydrogen (secondary N) is 2. The summed E-state index contributed by atoms with van der Waals surface area (Å²) >= 11 is 0. The number of likely N-dealkylation sites (N-methyl/N-ethyl adjacent to an activating group) is 1. The number of hydrogen-bond acceptors (Lipinski definition) is 5. The molecule has 1 aliphatic heterocycles. The Kier molecular flexibility index (Phi) is 10.1. The SMILES string of the molecule is CNC(C(=O)NCC(C)(C)N1CC(C)OC(C)C1)c1cnn(C)c1.Cl.Cl. The van der Waals surface area contributed by atoms with Crippen LogP contribution in [-0.2, 0) is 16.6 Å². The fourth-order valence-electron chi connectivity index (χ4n) is 3.23. The summed E-state index contributed by atoms with van der Waals surface area (Å²) in [5.74, 6) is -0.0343. The zero-order valence-corrected chi connectivity index (χ0v) is 18.1. The number of halogens is 2.